The molecule has 0 saturated carbocycles. The summed E-state index contributed by atoms with van der Waals surface area (Å²) < 4.78 is 33.5. The molecule has 0 N–H and O–H groups in total. The number of aryl methyl sites for hydroxylation is 1. The number of aromatic nitrogens is 1. The number of nitrogens with zero attached hydrogens (tertiary/aromatic N) is 2. The van der Waals surface area contributed by atoms with Crippen LogP contribution in [0.1, 0.15) is 11.3 Å². The predicted molar refractivity (Wildman–Crippen MR) is 105 cm³/mol. The smallest absolute Gasteiger partial charge is 0.268 e. The van der Waals surface area contributed by atoms with Gasteiger partial charge >= 0.3 is 0 Å². The van der Waals surface area contributed by atoms with Crippen molar-refractivity contribution >= 4 is 20.9 Å². The monoisotopic (exact) mass is 372 g/mol. The van der Waals surface area contributed by atoms with Gasteiger partial charge in [-0.2, -0.15) is 0 Å². The number of hydrogen-bond acceptors (Lipinski definition) is 4. The van der Waals surface area contributed by atoms with Crippen LogP contribution in [0.5, 0.6) is 5.75 Å². The van der Waals surface area contributed by atoms with Crippen molar-refractivity contribution in [2.45, 2.75) is 18.2 Å². The van der Waals surface area contributed by atoms with Crippen LogP contribution in [-0.4, -0.2) is 45.0 Å². The van der Waals surface area contributed by atoms with Gasteiger partial charge in [0, 0.05) is 24.0 Å². The molecule has 0 spiro atoms. The highest BCUT2D eigenvalue weighted by Crippen LogP contribution is 2.29. The van der Waals surface area contributed by atoms with Gasteiger partial charge in [0.25, 0.3) is 10.0 Å². The first kappa shape index (κ1) is 18.5. The number of rotatable bonds is 6. The van der Waals surface area contributed by atoms with Gasteiger partial charge in [-0.15, -0.1) is 0 Å². The lowest BCUT2D eigenvalue weighted by Crippen LogP contribution is -2.20. The number of fused-ring (bicyclic) bond motifs is 1. The quantitative estimate of drug-likeness (QED) is 0.666. The normalized spacial score (nSPS) is 12.0. The topological polar surface area (TPSA) is 51.5 Å². The average Bonchev–Trinajstić information content (AvgIpc) is 2.98. The molecule has 3 aromatic rings. The molecule has 0 aliphatic rings. The molecule has 0 radical (unpaired) electrons. The highest BCUT2D eigenvalue weighted by molar-refractivity contribution is 7.90. The van der Waals surface area contributed by atoms with Crippen LogP contribution >= 0.6 is 0 Å². The molecule has 3 rings (SSSR count). The van der Waals surface area contributed by atoms with E-state index in [1.54, 1.807) is 31.4 Å². The third-order valence-corrected chi connectivity index (χ3v) is 6.19. The molecule has 0 aliphatic carbocycles. The van der Waals surface area contributed by atoms with E-state index in [0.29, 0.717) is 22.6 Å². The predicted octanol–water partition coefficient (Wildman–Crippen LogP) is 3.30. The van der Waals surface area contributed by atoms with Gasteiger partial charge in [0.1, 0.15) is 5.75 Å². The maximum Gasteiger partial charge on any atom is 0.268 e. The van der Waals surface area contributed by atoms with E-state index in [4.69, 9.17) is 4.74 Å². The Balaban J connectivity index is 2.21. The Morgan fingerprint density at radius 1 is 1.04 bits per heavy atom. The van der Waals surface area contributed by atoms with Crippen molar-refractivity contribution in [2.24, 2.45) is 0 Å². The zero-order chi connectivity index (χ0) is 18.9. The van der Waals surface area contributed by atoms with Crippen LogP contribution < -0.4 is 4.74 Å². The third-order valence-electron chi connectivity index (χ3n) is 4.41. The van der Waals surface area contributed by atoms with Crippen molar-refractivity contribution in [3.05, 3.63) is 59.8 Å². The van der Waals surface area contributed by atoms with Gasteiger partial charge < -0.3 is 9.64 Å². The van der Waals surface area contributed by atoms with Crippen molar-refractivity contribution in [1.29, 1.82) is 0 Å². The second-order valence-corrected chi connectivity index (χ2v) is 8.48. The Labute approximate surface area is 154 Å². The van der Waals surface area contributed by atoms with E-state index >= 15 is 0 Å². The summed E-state index contributed by atoms with van der Waals surface area (Å²) in [5.74, 6) is 0.710. The summed E-state index contributed by atoms with van der Waals surface area (Å²) in [6.07, 6.45) is 0.634. The molecule has 0 bridgehead atoms. The van der Waals surface area contributed by atoms with Crippen LogP contribution in [0.25, 0.3) is 10.9 Å². The van der Waals surface area contributed by atoms with E-state index in [-0.39, 0.29) is 0 Å². The maximum absolute atomic E-state index is 13.4. The lowest BCUT2D eigenvalue weighted by Gasteiger charge is -2.14. The van der Waals surface area contributed by atoms with Crippen LogP contribution in [0.15, 0.2) is 53.4 Å². The molecule has 5 nitrogen and oxygen atoms in total. The minimum absolute atomic E-state index is 0.294. The standard InChI is InChI=1S/C20H24N2O3S/c1-15-5-8-19(9-6-15)26(23,24)22-17(11-12-21(2)3)13-16-14-18(25-4)7-10-20(16)22/h5-10,13-14H,11-12H2,1-4H3. The minimum atomic E-state index is -3.68. The fourth-order valence-electron chi connectivity index (χ4n) is 2.96. The molecule has 2 aromatic carbocycles. The highest BCUT2D eigenvalue weighted by Gasteiger charge is 2.23. The molecule has 0 unspecified atom stereocenters. The molecule has 1 aromatic heterocycles. The Morgan fingerprint density at radius 3 is 2.35 bits per heavy atom. The molecular formula is C20H24N2O3S. The summed E-state index contributed by atoms with van der Waals surface area (Å²) in [5, 5.41) is 0.855. The van der Waals surface area contributed by atoms with Crippen LogP contribution in [0.2, 0.25) is 0 Å². The zero-order valence-corrected chi connectivity index (χ0v) is 16.4. The van der Waals surface area contributed by atoms with Gasteiger partial charge in [0.2, 0.25) is 0 Å². The molecular weight excluding hydrogens is 348 g/mol. The summed E-state index contributed by atoms with van der Waals surface area (Å²) >= 11 is 0. The minimum Gasteiger partial charge on any atom is -0.497 e. The number of benzene rings is 2. The Kier molecular flexibility index (Phi) is 5.07. The van der Waals surface area contributed by atoms with Gasteiger partial charge in [0.15, 0.2) is 0 Å². The number of ether oxygens (including phenoxy) is 1. The van der Waals surface area contributed by atoms with Gasteiger partial charge in [-0.25, -0.2) is 12.4 Å². The molecule has 1 heterocycles. The van der Waals surface area contributed by atoms with Crippen LogP contribution in [-0.2, 0) is 16.4 Å². The summed E-state index contributed by atoms with van der Waals surface area (Å²) in [7, 11) is 1.88. The second-order valence-electron chi connectivity index (χ2n) is 6.70. The molecule has 138 valence electrons. The Morgan fingerprint density at radius 2 is 1.73 bits per heavy atom. The summed E-state index contributed by atoms with van der Waals surface area (Å²) in [6, 6.07) is 14.4. The largest absolute Gasteiger partial charge is 0.497 e. The molecule has 0 atom stereocenters. The van der Waals surface area contributed by atoms with Crippen molar-refractivity contribution in [1.82, 2.24) is 8.87 Å². The molecule has 0 saturated heterocycles. The lowest BCUT2D eigenvalue weighted by molar-refractivity contribution is 0.411. The van der Waals surface area contributed by atoms with Crippen molar-refractivity contribution in [2.75, 3.05) is 27.7 Å². The zero-order valence-electron chi connectivity index (χ0n) is 15.6. The van der Waals surface area contributed by atoms with Crippen molar-refractivity contribution in [3.8, 4) is 5.75 Å². The van der Waals surface area contributed by atoms with Crippen LogP contribution in [0.3, 0.4) is 0 Å². The van der Waals surface area contributed by atoms with Gasteiger partial charge in [0.05, 0.1) is 17.5 Å². The summed E-state index contributed by atoms with van der Waals surface area (Å²) in [4.78, 5) is 2.34. The SMILES string of the molecule is COc1ccc2c(c1)cc(CCN(C)C)n2S(=O)(=O)c1ccc(C)cc1. The van der Waals surface area contributed by atoms with Crippen molar-refractivity contribution < 1.29 is 13.2 Å². The fourth-order valence-corrected chi connectivity index (χ4v) is 4.53. The molecule has 0 amide bonds. The molecule has 0 fully saturated rings. The first-order chi connectivity index (χ1) is 12.3. The van der Waals surface area contributed by atoms with Gasteiger partial charge in [-0.3, -0.25) is 0 Å². The van der Waals surface area contributed by atoms with E-state index in [1.807, 2.05) is 50.2 Å². The van der Waals surface area contributed by atoms with E-state index in [9.17, 15) is 8.42 Å². The molecule has 0 aliphatic heterocycles. The van der Waals surface area contributed by atoms with E-state index < -0.39 is 10.0 Å². The van der Waals surface area contributed by atoms with Crippen LogP contribution in [0.4, 0.5) is 0 Å². The average molecular weight is 372 g/mol. The van der Waals surface area contributed by atoms with E-state index in [1.165, 1.54) is 3.97 Å². The lowest BCUT2D eigenvalue weighted by atomic mass is 10.2. The molecule has 6 heteroatoms. The first-order valence-electron chi connectivity index (χ1n) is 8.48. The maximum atomic E-state index is 13.4. The fraction of sp³-hybridized carbons (Fsp3) is 0.300. The van der Waals surface area contributed by atoms with E-state index in [2.05, 4.69) is 0 Å². The number of hydrogen-bond donors (Lipinski definition) is 0. The summed E-state index contributed by atoms with van der Waals surface area (Å²) in [6.45, 7) is 2.70. The Bertz CT molecular complexity index is 1020. The Hall–Kier alpha value is -2.31. The number of likely N-dealkylation sites (N-methyl/N-ethyl adjacent to an activating group) is 1. The number of methoxy groups -OCH3 is 1. The van der Waals surface area contributed by atoms with Gasteiger partial charge in [-0.1, -0.05) is 17.7 Å². The first-order valence-corrected chi connectivity index (χ1v) is 9.92. The van der Waals surface area contributed by atoms with Crippen LogP contribution in [0, 0.1) is 6.92 Å². The third kappa shape index (κ3) is 3.48. The van der Waals surface area contributed by atoms with E-state index in [0.717, 1.165) is 23.2 Å². The second kappa shape index (κ2) is 7.13. The summed E-state index contributed by atoms with van der Waals surface area (Å²) in [5.41, 5.74) is 2.46. The molecule has 26 heavy (non-hydrogen) atoms. The van der Waals surface area contributed by atoms with Crippen molar-refractivity contribution in [3.63, 3.8) is 0 Å². The van der Waals surface area contributed by atoms with Gasteiger partial charge in [-0.05, 0) is 57.4 Å². The highest BCUT2D eigenvalue weighted by atomic mass is 32.2.